The van der Waals surface area contributed by atoms with Crippen molar-refractivity contribution in [3.8, 4) is 0 Å². The third-order valence-corrected chi connectivity index (χ3v) is 3.37. The van der Waals surface area contributed by atoms with Crippen LogP contribution >= 0.6 is 0 Å². The van der Waals surface area contributed by atoms with Gasteiger partial charge in [0.15, 0.2) is 0 Å². The first-order valence-electron chi connectivity index (χ1n) is 6.72. The van der Waals surface area contributed by atoms with Gasteiger partial charge in [0.1, 0.15) is 6.20 Å². The molecule has 1 aliphatic heterocycles. The largest absolute Gasteiger partial charge is 0.357 e. The molecule has 1 amide bonds. The zero-order chi connectivity index (χ0) is 15.4. The summed E-state index contributed by atoms with van der Waals surface area (Å²) in [6.07, 6.45) is 2.68. The van der Waals surface area contributed by atoms with Crippen LogP contribution in [0.1, 0.15) is 19.8 Å². The number of nitrogens with one attached hydrogen (secondary N) is 2. The van der Waals surface area contributed by atoms with Gasteiger partial charge in [-0.25, -0.2) is 4.98 Å². The number of amides is 1. The molecule has 2 heterocycles. The van der Waals surface area contributed by atoms with Crippen molar-refractivity contribution in [3.63, 3.8) is 0 Å². The first kappa shape index (κ1) is 14.9. The number of carbonyl (C=O) groups is 1. The summed E-state index contributed by atoms with van der Waals surface area (Å²) in [5, 5.41) is 16.7. The third kappa shape index (κ3) is 3.56. The highest BCUT2D eigenvalue weighted by molar-refractivity contribution is 5.73. The fraction of sp³-hybridized carbons (Fsp3) is 0.583. The SMILES string of the molecule is CNc1ncc([N+](=O)[O-])c(N2CCC(NC(C)=O)CC2)n1. The summed E-state index contributed by atoms with van der Waals surface area (Å²) >= 11 is 0. The lowest BCUT2D eigenvalue weighted by Crippen LogP contribution is -2.44. The molecule has 9 nitrogen and oxygen atoms in total. The van der Waals surface area contributed by atoms with Crippen LogP contribution < -0.4 is 15.5 Å². The smallest absolute Gasteiger partial charge is 0.329 e. The highest BCUT2D eigenvalue weighted by atomic mass is 16.6. The summed E-state index contributed by atoms with van der Waals surface area (Å²) in [6, 6.07) is 0.114. The molecule has 0 bridgehead atoms. The van der Waals surface area contributed by atoms with Crippen molar-refractivity contribution in [3.05, 3.63) is 16.3 Å². The van der Waals surface area contributed by atoms with Gasteiger partial charge in [0, 0.05) is 33.1 Å². The van der Waals surface area contributed by atoms with Gasteiger partial charge in [-0.05, 0) is 12.8 Å². The lowest BCUT2D eigenvalue weighted by atomic mass is 10.0. The van der Waals surface area contributed by atoms with Gasteiger partial charge in [-0.15, -0.1) is 0 Å². The summed E-state index contributed by atoms with van der Waals surface area (Å²) in [6.45, 7) is 2.69. The summed E-state index contributed by atoms with van der Waals surface area (Å²) in [5.41, 5.74) is -0.105. The Morgan fingerprint density at radius 1 is 1.48 bits per heavy atom. The van der Waals surface area contributed by atoms with E-state index in [1.807, 2.05) is 4.90 Å². The van der Waals surface area contributed by atoms with Gasteiger partial charge in [-0.1, -0.05) is 0 Å². The fourth-order valence-electron chi connectivity index (χ4n) is 2.37. The highest BCUT2D eigenvalue weighted by Crippen LogP contribution is 2.28. The molecule has 2 rings (SSSR count). The van der Waals surface area contributed by atoms with E-state index in [0.717, 1.165) is 12.8 Å². The summed E-state index contributed by atoms with van der Waals surface area (Å²) in [4.78, 5) is 31.6. The molecule has 21 heavy (non-hydrogen) atoms. The summed E-state index contributed by atoms with van der Waals surface area (Å²) in [5.74, 6) is 0.610. The lowest BCUT2D eigenvalue weighted by molar-refractivity contribution is -0.384. The highest BCUT2D eigenvalue weighted by Gasteiger charge is 2.27. The van der Waals surface area contributed by atoms with Crippen LogP contribution in [0.5, 0.6) is 0 Å². The minimum atomic E-state index is -0.477. The van der Waals surface area contributed by atoms with Crippen molar-refractivity contribution in [2.45, 2.75) is 25.8 Å². The quantitative estimate of drug-likeness (QED) is 0.615. The van der Waals surface area contributed by atoms with Gasteiger partial charge in [-0.2, -0.15) is 4.98 Å². The molecule has 9 heteroatoms. The number of piperidine rings is 1. The van der Waals surface area contributed by atoms with E-state index in [1.165, 1.54) is 13.1 Å². The van der Waals surface area contributed by atoms with Gasteiger partial charge in [-0.3, -0.25) is 14.9 Å². The predicted molar refractivity (Wildman–Crippen MR) is 77.3 cm³/mol. The normalized spacial score (nSPS) is 15.6. The Hall–Kier alpha value is -2.45. The monoisotopic (exact) mass is 294 g/mol. The van der Waals surface area contributed by atoms with E-state index in [-0.39, 0.29) is 17.6 Å². The Labute approximate surface area is 121 Å². The molecule has 2 N–H and O–H groups in total. The molecule has 0 spiro atoms. The average molecular weight is 294 g/mol. The van der Waals surface area contributed by atoms with E-state index in [4.69, 9.17) is 0 Å². The van der Waals surface area contributed by atoms with Crippen molar-refractivity contribution < 1.29 is 9.72 Å². The number of aromatic nitrogens is 2. The Balaban J connectivity index is 2.15. The van der Waals surface area contributed by atoms with Gasteiger partial charge in [0.25, 0.3) is 0 Å². The minimum absolute atomic E-state index is 0.0565. The zero-order valence-corrected chi connectivity index (χ0v) is 12.0. The molecule has 1 aliphatic rings. The van der Waals surface area contributed by atoms with Crippen LogP contribution in [0.25, 0.3) is 0 Å². The van der Waals surface area contributed by atoms with E-state index in [2.05, 4.69) is 20.6 Å². The first-order chi connectivity index (χ1) is 10.0. The standard InChI is InChI=1S/C12H18N6O3/c1-8(19)15-9-3-5-17(6-4-9)11-10(18(20)21)7-14-12(13-2)16-11/h7,9H,3-6H2,1-2H3,(H,15,19)(H,13,14,16). The molecular weight excluding hydrogens is 276 g/mol. The van der Waals surface area contributed by atoms with Crippen LogP contribution in [0.15, 0.2) is 6.20 Å². The molecule has 0 atom stereocenters. The van der Waals surface area contributed by atoms with E-state index < -0.39 is 4.92 Å². The second-order valence-corrected chi connectivity index (χ2v) is 4.87. The fourth-order valence-corrected chi connectivity index (χ4v) is 2.37. The van der Waals surface area contributed by atoms with E-state index in [9.17, 15) is 14.9 Å². The number of hydrogen-bond donors (Lipinski definition) is 2. The van der Waals surface area contributed by atoms with Crippen LogP contribution in [-0.2, 0) is 4.79 Å². The van der Waals surface area contributed by atoms with Gasteiger partial charge in [0.05, 0.1) is 4.92 Å². The minimum Gasteiger partial charge on any atom is -0.357 e. The van der Waals surface area contributed by atoms with Crippen molar-refractivity contribution in [2.24, 2.45) is 0 Å². The molecule has 1 aromatic heterocycles. The van der Waals surface area contributed by atoms with Crippen molar-refractivity contribution >= 4 is 23.4 Å². The number of rotatable bonds is 4. The molecule has 0 unspecified atom stereocenters. The number of nitro groups is 1. The van der Waals surface area contributed by atoms with E-state index >= 15 is 0 Å². The number of anilines is 2. The third-order valence-electron chi connectivity index (χ3n) is 3.37. The molecule has 0 saturated carbocycles. The Bertz CT molecular complexity index is 542. The van der Waals surface area contributed by atoms with Gasteiger partial charge in [0.2, 0.25) is 17.7 Å². The average Bonchev–Trinajstić information content (AvgIpc) is 2.46. The van der Waals surface area contributed by atoms with Crippen LogP contribution in [0.2, 0.25) is 0 Å². The lowest BCUT2D eigenvalue weighted by Gasteiger charge is -2.32. The second-order valence-electron chi connectivity index (χ2n) is 4.87. The van der Waals surface area contributed by atoms with Crippen molar-refractivity contribution in [1.29, 1.82) is 0 Å². The number of hydrogen-bond acceptors (Lipinski definition) is 7. The maximum Gasteiger partial charge on any atom is 0.329 e. The van der Waals surface area contributed by atoms with Gasteiger partial charge < -0.3 is 15.5 Å². The Morgan fingerprint density at radius 2 is 2.14 bits per heavy atom. The number of carbonyl (C=O) groups excluding carboxylic acids is 1. The Kier molecular flexibility index (Phi) is 4.51. The maximum absolute atomic E-state index is 11.1. The Morgan fingerprint density at radius 3 is 2.67 bits per heavy atom. The van der Waals surface area contributed by atoms with Crippen LogP contribution in [0.4, 0.5) is 17.5 Å². The molecule has 1 saturated heterocycles. The summed E-state index contributed by atoms with van der Waals surface area (Å²) in [7, 11) is 1.66. The van der Waals surface area contributed by atoms with E-state index in [0.29, 0.717) is 24.9 Å². The number of nitrogens with zero attached hydrogens (tertiary/aromatic N) is 4. The van der Waals surface area contributed by atoms with Crippen LogP contribution in [0.3, 0.4) is 0 Å². The summed E-state index contributed by atoms with van der Waals surface area (Å²) < 4.78 is 0. The molecule has 0 aliphatic carbocycles. The second kappa shape index (κ2) is 6.33. The van der Waals surface area contributed by atoms with E-state index in [1.54, 1.807) is 7.05 Å². The molecular formula is C12H18N6O3. The molecule has 1 fully saturated rings. The molecule has 1 aromatic rings. The van der Waals surface area contributed by atoms with Crippen molar-refractivity contribution in [1.82, 2.24) is 15.3 Å². The topological polar surface area (TPSA) is 113 Å². The maximum atomic E-state index is 11.1. The first-order valence-corrected chi connectivity index (χ1v) is 6.72. The van der Waals surface area contributed by atoms with Crippen LogP contribution in [-0.4, -0.2) is 47.0 Å². The molecule has 0 aromatic carbocycles. The zero-order valence-electron chi connectivity index (χ0n) is 12.0. The molecule has 0 radical (unpaired) electrons. The van der Waals surface area contributed by atoms with Crippen LogP contribution in [0, 0.1) is 10.1 Å². The van der Waals surface area contributed by atoms with Crippen molar-refractivity contribution in [2.75, 3.05) is 30.4 Å². The molecule has 114 valence electrons. The predicted octanol–water partition coefficient (Wildman–Crippen LogP) is 0.531. The van der Waals surface area contributed by atoms with Gasteiger partial charge >= 0.3 is 5.69 Å².